The Morgan fingerprint density at radius 2 is 1.23 bits per heavy atom. The Bertz CT molecular complexity index is 259. The monoisotopic (exact) mass is 308 g/mol. The summed E-state index contributed by atoms with van der Waals surface area (Å²) < 4.78 is 5.77. The molecule has 1 fully saturated rings. The molecular formula is C21H40O. The molecule has 2 atom stereocenters. The van der Waals surface area contributed by atoms with Crippen molar-refractivity contribution in [2.45, 2.75) is 122 Å². The molecule has 0 aromatic heterocycles. The van der Waals surface area contributed by atoms with Gasteiger partial charge in [0.15, 0.2) is 0 Å². The van der Waals surface area contributed by atoms with Gasteiger partial charge in [-0.05, 0) is 25.7 Å². The van der Waals surface area contributed by atoms with Crippen molar-refractivity contribution in [3.8, 4) is 0 Å². The molecule has 0 aromatic rings. The van der Waals surface area contributed by atoms with Crippen LogP contribution in [-0.4, -0.2) is 12.2 Å². The van der Waals surface area contributed by atoms with Crippen LogP contribution in [0.15, 0.2) is 12.2 Å². The minimum atomic E-state index is 0.552. The quantitative estimate of drug-likeness (QED) is 0.167. The van der Waals surface area contributed by atoms with Gasteiger partial charge in [0.2, 0.25) is 0 Å². The number of rotatable bonds is 16. The van der Waals surface area contributed by atoms with Crippen molar-refractivity contribution >= 4 is 0 Å². The smallest absolute Gasteiger partial charge is 0.0876 e. The Balaban J connectivity index is 1.78. The van der Waals surface area contributed by atoms with Crippen LogP contribution >= 0.6 is 0 Å². The Morgan fingerprint density at radius 1 is 0.636 bits per heavy atom. The van der Waals surface area contributed by atoms with Gasteiger partial charge in [0.25, 0.3) is 0 Å². The molecule has 0 N–H and O–H groups in total. The fourth-order valence-electron chi connectivity index (χ4n) is 3.16. The van der Waals surface area contributed by atoms with E-state index in [1.54, 1.807) is 0 Å². The Labute approximate surface area is 139 Å². The molecule has 0 bridgehead atoms. The fourth-order valence-corrected chi connectivity index (χ4v) is 3.16. The summed E-state index contributed by atoms with van der Waals surface area (Å²) in [5, 5.41) is 0. The standard InChI is InChI=1S/C21H40O/c1-3-5-7-9-11-12-13-15-17-19-21-20(22-21)18-16-14-10-8-6-4-2/h14,16,20-21H,3-13,15,17-19H2,1-2H3/t20-,21+/m0/s1. The average molecular weight is 309 g/mol. The normalized spacial score (nSPS) is 20.8. The van der Waals surface area contributed by atoms with E-state index in [1.165, 1.54) is 89.9 Å². The van der Waals surface area contributed by atoms with E-state index in [0.29, 0.717) is 12.2 Å². The van der Waals surface area contributed by atoms with Crippen molar-refractivity contribution in [3.05, 3.63) is 12.2 Å². The Morgan fingerprint density at radius 3 is 1.91 bits per heavy atom. The molecule has 0 unspecified atom stereocenters. The molecule has 1 heterocycles. The number of hydrogen-bond donors (Lipinski definition) is 0. The van der Waals surface area contributed by atoms with E-state index in [0.717, 1.165) is 6.42 Å². The first-order valence-electron chi connectivity index (χ1n) is 10.2. The second kappa shape index (κ2) is 14.3. The van der Waals surface area contributed by atoms with Crippen LogP contribution in [-0.2, 0) is 4.74 Å². The average Bonchev–Trinajstić information content (AvgIpc) is 3.27. The van der Waals surface area contributed by atoms with Crippen molar-refractivity contribution in [1.82, 2.24) is 0 Å². The van der Waals surface area contributed by atoms with E-state index in [-0.39, 0.29) is 0 Å². The molecule has 1 nitrogen and oxygen atoms in total. The largest absolute Gasteiger partial charge is 0.369 e. The predicted octanol–water partition coefficient (Wildman–Crippen LogP) is 7.20. The second-order valence-corrected chi connectivity index (χ2v) is 7.03. The SMILES string of the molecule is CCCCCC=CC[C@@H]1O[C@@H]1CCCCCCCCCCC. The molecule has 0 amide bonds. The maximum absolute atomic E-state index is 5.77. The molecule has 1 saturated heterocycles. The van der Waals surface area contributed by atoms with Gasteiger partial charge in [-0.3, -0.25) is 0 Å². The molecule has 0 saturated carbocycles. The number of allylic oxidation sites excluding steroid dienone is 1. The van der Waals surface area contributed by atoms with Gasteiger partial charge >= 0.3 is 0 Å². The topological polar surface area (TPSA) is 12.5 Å². The molecular weight excluding hydrogens is 268 g/mol. The van der Waals surface area contributed by atoms with Gasteiger partial charge in [0, 0.05) is 0 Å². The summed E-state index contributed by atoms with van der Waals surface area (Å²) in [7, 11) is 0. The number of unbranched alkanes of at least 4 members (excludes halogenated alkanes) is 11. The Kier molecular flexibility index (Phi) is 12.8. The maximum Gasteiger partial charge on any atom is 0.0876 e. The van der Waals surface area contributed by atoms with Crippen molar-refractivity contribution in [3.63, 3.8) is 0 Å². The van der Waals surface area contributed by atoms with Gasteiger partial charge in [0.1, 0.15) is 0 Å². The van der Waals surface area contributed by atoms with Crippen LogP contribution in [0.25, 0.3) is 0 Å². The third kappa shape index (κ3) is 11.3. The lowest BCUT2D eigenvalue weighted by atomic mass is 10.0. The van der Waals surface area contributed by atoms with E-state index in [1.807, 2.05) is 0 Å². The molecule has 1 aliphatic heterocycles. The Hall–Kier alpha value is -0.300. The minimum absolute atomic E-state index is 0.552. The first-order chi connectivity index (χ1) is 10.9. The fraction of sp³-hybridized carbons (Fsp3) is 0.905. The lowest BCUT2D eigenvalue weighted by Crippen LogP contribution is -1.93. The summed E-state index contributed by atoms with van der Waals surface area (Å²) in [6.45, 7) is 4.55. The molecule has 0 aromatic carbocycles. The van der Waals surface area contributed by atoms with Crippen LogP contribution in [0.5, 0.6) is 0 Å². The molecule has 1 heteroatoms. The molecule has 0 aliphatic carbocycles. The third-order valence-electron chi connectivity index (χ3n) is 4.79. The highest BCUT2D eigenvalue weighted by Crippen LogP contribution is 2.30. The van der Waals surface area contributed by atoms with Crippen LogP contribution in [0.2, 0.25) is 0 Å². The molecule has 0 spiro atoms. The van der Waals surface area contributed by atoms with Gasteiger partial charge in [0.05, 0.1) is 12.2 Å². The van der Waals surface area contributed by atoms with Crippen LogP contribution in [0.3, 0.4) is 0 Å². The van der Waals surface area contributed by atoms with Crippen LogP contribution < -0.4 is 0 Å². The van der Waals surface area contributed by atoms with E-state index >= 15 is 0 Å². The molecule has 1 aliphatic rings. The summed E-state index contributed by atoms with van der Waals surface area (Å²) in [6, 6.07) is 0. The lowest BCUT2D eigenvalue weighted by Gasteiger charge is -2.01. The lowest BCUT2D eigenvalue weighted by molar-refractivity contribution is 0.358. The number of hydrogen-bond acceptors (Lipinski definition) is 1. The highest BCUT2D eigenvalue weighted by molar-refractivity contribution is 4.93. The van der Waals surface area contributed by atoms with Crippen molar-refractivity contribution in [2.24, 2.45) is 0 Å². The van der Waals surface area contributed by atoms with Crippen molar-refractivity contribution in [2.75, 3.05) is 0 Å². The first-order valence-corrected chi connectivity index (χ1v) is 10.2. The van der Waals surface area contributed by atoms with Gasteiger partial charge < -0.3 is 4.74 Å². The van der Waals surface area contributed by atoms with Gasteiger partial charge in [-0.15, -0.1) is 0 Å². The van der Waals surface area contributed by atoms with E-state index in [4.69, 9.17) is 4.74 Å². The van der Waals surface area contributed by atoms with Crippen molar-refractivity contribution in [1.29, 1.82) is 0 Å². The molecule has 1 rings (SSSR count). The van der Waals surface area contributed by atoms with Crippen LogP contribution in [0.4, 0.5) is 0 Å². The van der Waals surface area contributed by atoms with Crippen molar-refractivity contribution < 1.29 is 4.74 Å². The third-order valence-corrected chi connectivity index (χ3v) is 4.79. The zero-order chi connectivity index (χ0) is 15.9. The van der Waals surface area contributed by atoms with Gasteiger partial charge in [-0.1, -0.05) is 96.6 Å². The van der Waals surface area contributed by atoms with E-state index in [9.17, 15) is 0 Å². The van der Waals surface area contributed by atoms with E-state index in [2.05, 4.69) is 26.0 Å². The van der Waals surface area contributed by atoms with E-state index < -0.39 is 0 Å². The highest BCUT2D eigenvalue weighted by Gasteiger charge is 2.36. The van der Waals surface area contributed by atoms with Crippen LogP contribution in [0.1, 0.15) is 110 Å². The zero-order valence-corrected chi connectivity index (χ0v) is 15.3. The van der Waals surface area contributed by atoms with Crippen LogP contribution in [0, 0.1) is 0 Å². The zero-order valence-electron chi connectivity index (χ0n) is 15.3. The highest BCUT2D eigenvalue weighted by atomic mass is 16.6. The maximum atomic E-state index is 5.77. The molecule has 130 valence electrons. The summed E-state index contributed by atoms with van der Waals surface area (Å²) in [6.07, 6.45) is 26.4. The summed E-state index contributed by atoms with van der Waals surface area (Å²) in [4.78, 5) is 0. The molecule has 0 radical (unpaired) electrons. The predicted molar refractivity (Wildman–Crippen MR) is 98.4 cm³/mol. The summed E-state index contributed by atoms with van der Waals surface area (Å²) in [5.74, 6) is 0. The summed E-state index contributed by atoms with van der Waals surface area (Å²) in [5.41, 5.74) is 0. The number of ether oxygens (including phenoxy) is 1. The van der Waals surface area contributed by atoms with Gasteiger partial charge in [-0.2, -0.15) is 0 Å². The second-order valence-electron chi connectivity index (χ2n) is 7.03. The summed E-state index contributed by atoms with van der Waals surface area (Å²) >= 11 is 0. The number of epoxide rings is 1. The minimum Gasteiger partial charge on any atom is -0.369 e. The van der Waals surface area contributed by atoms with Gasteiger partial charge in [-0.25, -0.2) is 0 Å². The first kappa shape index (κ1) is 19.7. The molecule has 22 heavy (non-hydrogen) atoms.